The lowest BCUT2D eigenvalue weighted by molar-refractivity contribution is 0.152. The third-order valence-electron chi connectivity index (χ3n) is 7.64. The van der Waals surface area contributed by atoms with Gasteiger partial charge < -0.3 is 9.80 Å². The summed E-state index contributed by atoms with van der Waals surface area (Å²) in [5.74, 6) is 1.19. The minimum absolute atomic E-state index is 0.369. The molecule has 190 valence electrons. The Hall–Kier alpha value is -3.22. The van der Waals surface area contributed by atoms with Gasteiger partial charge in [0.15, 0.2) is 0 Å². The Bertz CT molecular complexity index is 1150. The Morgan fingerprint density at radius 2 is 1.72 bits per heavy atom. The maximum atomic E-state index is 14.4. The lowest BCUT2D eigenvalue weighted by Gasteiger charge is -2.34. The van der Waals surface area contributed by atoms with E-state index in [1.807, 2.05) is 18.2 Å². The van der Waals surface area contributed by atoms with Gasteiger partial charge in [0, 0.05) is 23.8 Å². The second-order valence-corrected chi connectivity index (χ2v) is 10.5. The normalized spacial score (nSPS) is 17.0. The van der Waals surface area contributed by atoms with Crippen LogP contribution in [0.25, 0.3) is 22.5 Å². The van der Waals surface area contributed by atoms with Gasteiger partial charge in [-0.3, -0.25) is 0 Å². The molecule has 0 amide bonds. The van der Waals surface area contributed by atoms with Crippen LogP contribution in [-0.4, -0.2) is 49.8 Å². The molecule has 1 aliphatic heterocycles. The number of hydrogen-bond acceptors (Lipinski definition) is 5. The first-order valence-electron chi connectivity index (χ1n) is 13.4. The smallest absolute Gasteiger partial charge is 0.205 e. The molecule has 2 aromatic carbocycles. The fourth-order valence-electron chi connectivity index (χ4n) is 5.67. The van der Waals surface area contributed by atoms with Crippen molar-refractivity contribution >= 4 is 0 Å². The van der Waals surface area contributed by atoms with E-state index in [0.29, 0.717) is 17.8 Å². The number of benzene rings is 2. The van der Waals surface area contributed by atoms with Crippen LogP contribution in [0.5, 0.6) is 0 Å². The molecule has 1 N–H and O–H groups in total. The van der Waals surface area contributed by atoms with E-state index in [9.17, 15) is 4.39 Å². The van der Waals surface area contributed by atoms with Crippen LogP contribution < -0.4 is 0 Å². The molecule has 1 aliphatic carbocycles. The number of alkyl halides is 1. The molecule has 36 heavy (non-hydrogen) atoms. The van der Waals surface area contributed by atoms with Crippen LogP contribution in [0.1, 0.15) is 64.4 Å². The molecule has 0 saturated heterocycles. The minimum atomic E-state index is -0.369. The summed E-state index contributed by atoms with van der Waals surface area (Å²) < 4.78 is 14.4. The highest BCUT2D eigenvalue weighted by Crippen LogP contribution is 2.36. The molecule has 3 aromatic rings. The standard InChI is InChI=1S/C29H37FN6/c1-21(2)12-17-27-28(18-30)36(24-8-4-3-5-9-24)20-35(27)19-22-13-15-23(16-14-22)25-10-6-7-11-26(25)29-31-33-34-32-29/h6-7,10-11,13-16,21,24H,3-5,8-9,12,17-20H2,1-2H3,(H,31,32,33,34). The maximum absolute atomic E-state index is 14.4. The summed E-state index contributed by atoms with van der Waals surface area (Å²) in [7, 11) is 0. The van der Waals surface area contributed by atoms with Gasteiger partial charge in [0.05, 0.1) is 12.4 Å². The topological polar surface area (TPSA) is 60.9 Å². The molecule has 1 saturated carbocycles. The predicted molar refractivity (Wildman–Crippen MR) is 141 cm³/mol. The lowest BCUT2D eigenvalue weighted by atomic mass is 9.94. The van der Waals surface area contributed by atoms with Crippen LogP contribution >= 0.6 is 0 Å². The van der Waals surface area contributed by atoms with E-state index in [2.05, 4.69) is 74.6 Å². The minimum Gasteiger partial charge on any atom is -0.351 e. The molecule has 6 nitrogen and oxygen atoms in total. The molecule has 2 heterocycles. The number of hydrogen-bond donors (Lipinski definition) is 1. The van der Waals surface area contributed by atoms with Gasteiger partial charge in [-0.05, 0) is 53.5 Å². The Labute approximate surface area is 213 Å². The molecule has 0 radical (unpaired) electrons. The average molecular weight is 489 g/mol. The van der Waals surface area contributed by atoms with Gasteiger partial charge in [-0.25, -0.2) is 4.39 Å². The van der Waals surface area contributed by atoms with E-state index >= 15 is 0 Å². The van der Waals surface area contributed by atoms with Gasteiger partial charge in [0.1, 0.15) is 6.67 Å². The number of rotatable bonds is 9. The average Bonchev–Trinajstić information content (AvgIpc) is 3.57. The number of nitrogens with zero attached hydrogens (tertiary/aromatic N) is 5. The third kappa shape index (κ3) is 5.30. The van der Waals surface area contributed by atoms with Crippen LogP contribution in [0.3, 0.4) is 0 Å². The van der Waals surface area contributed by atoms with Gasteiger partial charge in [0.2, 0.25) is 5.82 Å². The summed E-state index contributed by atoms with van der Waals surface area (Å²) in [4.78, 5) is 4.82. The second kappa shape index (κ2) is 11.2. The number of allylic oxidation sites excluding steroid dienone is 2. The van der Waals surface area contributed by atoms with Crippen molar-refractivity contribution in [2.24, 2.45) is 5.92 Å². The highest BCUT2D eigenvalue weighted by molar-refractivity contribution is 5.80. The van der Waals surface area contributed by atoms with Crippen LogP contribution in [0.15, 0.2) is 59.9 Å². The quantitative estimate of drug-likeness (QED) is 0.370. The van der Waals surface area contributed by atoms with Gasteiger partial charge in [-0.2, -0.15) is 5.21 Å². The summed E-state index contributed by atoms with van der Waals surface area (Å²) in [6.45, 7) is 5.73. The molecule has 1 fully saturated rings. The van der Waals surface area contributed by atoms with Crippen molar-refractivity contribution in [2.45, 2.75) is 71.4 Å². The van der Waals surface area contributed by atoms with Crippen molar-refractivity contribution in [3.63, 3.8) is 0 Å². The summed E-state index contributed by atoms with van der Waals surface area (Å²) in [6.07, 6.45) is 8.22. The first-order valence-corrected chi connectivity index (χ1v) is 13.4. The first kappa shape index (κ1) is 24.5. The van der Waals surface area contributed by atoms with E-state index in [4.69, 9.17) is 0 Å². The van der Waals surface area contributed by atoms with Crippen LogP contribution in [0, 0.1) is 5.92 Å². The SMILES string of the molecule is CC(C)CCC1=C(CF)N(C2CCCCC2)CN1Cc1ccc(-c2ccccc2-c2nn[nH]n2)cc1. The Morgan fingerprint density at radius 1 is 0.972 bits per heavy atom. The summed E-state index contributed by atoms with van der Waals surface area (Å²) in [5, 5.41) is 14.6. The highest BCUT2D eigenvalue weighted by Gasteiger charge is 2.33. The number of H-pyrrole nitrogens is 1. The van der Waals surface area contributed by atoms with Crippen molar-refractivity contribution in [2.75, 3.05) is 13.3 Å². The zero-order valence-corrected chi connectivity index (χ0v) is 21.5. The Morgan fingerprint density at radius 3 is 2.39 bits per heavy atom. The van der Waals surface area contributed by atoms with Crippen LogP contribution in [-0.2, 0) is 6.54 Å². The molecule has 0 atom stereocenters. The van der Waals surface area contributed by atoms with E-state index in [1.54, 1.807) is 0 Å². The molecule has 0 bridgehead atoms. The summed E-state index contributed by atoms with van der Waals surface area (Å²) in [5.41, 5.74) is 6.53. The second-order valence-electron chi connectivity index (χ2n) is 10.5. The van der Waals surface area contributed by atoms with Crippen molar-refractivity contribution in [3.05, 3.63) is 65.5 Å². The molecule has 7 heteroatoms. The number of halogens is 1. The monoisotopic (exact) mass is 488 g/mol. The van der Waals surface area contributed by atoms with Crippen molar-refractivity contribution in [3.8, 4) is 22.5 Å². The highest BCUT2D eigenvalue weighted by atomic mass is 19.1. The number of aromatic nitrogens is 4. The fraction of sp³-hybridized carbons (Fsp3) is 0.483. The lowest BCUT2D eigenvalue weighted by Crippen LogP contribution is -2.37. The third-order valence-corrected chi connectivity index (χ3v) is 7.64. The largest absolute Gasteiger partial charge is 0.351 e. The van der Waals surface area contributed by atoms with Gasteiger partial charge in [0.25, 0.3) is 0 Å². The van der Waals surface area contributed by atoms with Crippen molar-refractivity contribution < 1.29 is 4.39 Å². The van der Waals surface area contributed by atoms with Gasteiger partial charge in [-0.1, -0.05) is 81.6 Å². The molecule has 0 unspecified atom stereocenters. The van der Waals surface area contributed by atoms with Crippen molar-refractivity contribution in [1.29, 1.82) is 0 Å². The van der Waals surface area contributed by atoms with E-state index in [-0.39, 0.29) is 6.67 Å². The number of aromatic amines is 1. The summed E-state index contributed by atoms with van der Waals surface area (Å²) >= 11 is 0. The Kier molecular flexibility index (Phi) is 7.63. The van der Waals surface area contributed by atoms with E-state index < -0.39 is 0 Å². The van der Waals surface area contributed by atoms with Gasteiger partial charge in [-0.15, -0.1) is 10.2 Å². The molecule has 5 rings (SSSR count). The van der Waals surface area contributed by atoms with E-state index in [0.717, 1.165) is 48.4 Å². The predicted octanol–water partition coefficient (Wildman–Crippen LogP) is 6.56. The van der Waals surface area contributed by atoms with E-state index in [1.165, 1.54) is 43.4 Å². The van der Waals surface area contributed by atoms with Crippen LogP contribution in [0.4, 0.5) is 4.39 Å². The zero-order valence-electron chi connectivity index (χ0n) is 21.5. The molecular weight excluding hydrogens is 451 g/mol. The number of nitrogens with one attached hydrogen (secondary N) is 1. The molecular formula is C29H37FN6. The molecule has 2 aliphatic rings. The van der Waals surface area contributed by atoms with Crippen LogP contribution in [0.2, 0.25) is 0 Å². The maximum Gasteiger partial charge on any atom is 0.205 e. The summed E-state index contributed by atoms with van der Waals surface area (Å²) in [6, 6.07) is 17.3. The first-order chi connectivity index (χ1) is 17.6. The molecule has 1 aromatic heterocycles. The fourth-order valence-corrected chi connectivity index (χ4v) is 5.67. The number of tetrazole rings is 1. The van der Waals surface area contributed by atoms with Crippen molar-refractivity contribution in [1.82, 2.24) is 30.4 Å². The van der Waals surface area contributed by atoms with Gasteiger partial charge >= 0.3 is 0 Å². The molecule has 0 spiro atoms. The zero-order chi connectivity index (χ0) is 24.9. The Balaban J connectivity index is 1.37.